The zero-order valence-corrected chi connectivity index (χ0v) is 5.24. The van der Waals surface area contributed by atoms with Gasteiger partial charge in [-0.2, -0.15) is 0 Å². The first-order valence-corrected chi connectivity index (χ1v) is 2.52. The third-order valence-electron chi connectivity index (χ3n) is 0.810. The molecule has 0 unspecified atom stereocenters. The average molecular weight is 131 g/mol. The lowest BCUT2D eigenvalue weighted by Gasteiger charge is -2.07. The van der Waals surface area contributed by atoms with Gasteiger partial charge in [0.1, 0.15) is 6.61 Å². The van der Waals surface area contributed by atoms with E-state index in [-0.39, 0.29) is 6.61 Å². The van der Waals surface area contributed by atoms with Crippen LogP contribution in [0.4, 0.5) is 0 Å². The van der Waals surface area contributed by atoms with Gasteiger partial charge < -0.3 is 9.64 Å². The summed E-state index contributed by atoms with van der Waals surface area (Å²) in [6.07, 6.45) is 0.675. The molecule has 0 aromatic rings. The predicted molar refractivity (Wildman–Crippen MR) is 30.7 cm³/mol. The van der Waals surface area contributed by atoms with Crippen LogP contribution in [0.15, 0.2) is 0 Å². The molecule has 9 heavy (non-hydrogen) atoms. The Morgan fingerprint density at radius 2 is 2.22 bits per heavy atom. The van der Waals surface area contributed by atoms with Crippen molar-refractivity contribution in [3.05, 3.63) is 0 Å². The Bertz CT molecular complexity index is 94.2. The molecule has 0 N–H and O–H groups in total. The molecule has 0 aliphatic carbocycles. The molecule has 0 bridgehead atoms. The SMILES string of the molecule is CN(C=O)CCOC=O. The minimum Gasteiger partial charge on any atom is -0.466 e. The molecule has 0 saturated carbocycles. The van der Waals surface area contributed by atoms with Crippen LogP contribution in [0.2, 0.25) is 0 Å². The second-order valence-electron chi connectivity index (χ2n) is 1.55. The molecule has 0 aromatic carbocycles. The maximum Gasteiger partial charge on any atom is 0.293 e. The fraction of sp³-hybridized carbons (Fsp3) is 0.600. The van der Waals surface area contributed by atoms with Crippen LogP contribution >= 0.6 is 0 Å². The first kappa shape index (κ1) is 7.94. The van der Waals surface area contributed by atoms with Gasteiger partial charge in [0.25, 0.3) is 6.47 Å². The van der Waals surface area contributed by atoms with Crippen LogP contribution < -0.4 is 0 Å². The Kier molecular flexibility index (Phi) is 4.49. The van der Waals surface area contributed by atoms with Gasteiger partial charge in [0.2, 0.25) is 6.41 Å². The van der Waals surface area contributed by atoms with Crippen LogP contribution in [0.1, 0.15) is 0 Å². The van der Waals surface area contributed by atoms with Gasteiger partial charge in [-0.3, -0.25) is 9.59 Å². The van der Waals surface area contributed by atoms with Crippen LogP contribution in [-0.2, 0) is 14.3 Å². The summed E-state index contributed by atoms with van der Waals surface area (Å²) in [6.45, 7) is 1.07. The first-order valence-electron chi connectivity index (χ1n) is 2.52. The number of carbonyl (C=O) groups excluding carboxylic acids is 2. The van der Waals surface area contributed by atoms with E-state index in [0.717, 1.165) is 0 Å². The lowest BCUT2D eigenvalue weighted by Crippen LogP contribution is -2.20. The third kappa shape index (κ3) is 4.80. The fourth-order valence-electron chi connectivity index (χ4n) is 0.298. The van der Waals surface area contributed by atoms with Crippen molar-refractivity contribution in [2.45, 2.75) is 0 Å². The maximum absolute atomic E-state index is 9.88. The van der Waals surface area contributed by atoms with Crippen molar-refractivity contribution in [2.24, 2.45) is 0 Å². The number of nitrogens with zero attached hydrogens (tertiary/aromatic N) is 1. The topological polar surface area (TPSA) is 46.6 Å². The largest absolute Gasteiger partial charge is 0.466 e. The lowest BCUT2D eigenvalue weighted by molar-refractivity contribution is -0.130. The molecule has 1 amide bonds. The van der Waals surface area contributed by atoms with Crippen LogP contribution in [0, 0.1) is 0 Å². The summed E-state index contributed by atoms with van der Waals surface area (Å²) in [5.74, 6) is 0. The van der Waals surface area contributed by atoms with E-state index in [1.54, 1.807) is 7.05 Å². The maximum atomic E-state index is 9.88. The normalized spacial score (nSPS) is 8.11. The second kappa shape index (κ2) is 5.08. The zero-order chi connectivity index (χ0) is 7.11. The second-order valence-corrected chi connectivity index (χ2v) is 1.55. The van der Waals surface area contributed by atoms with Crippen molar-refractivity contribution < 1.29 is 14.3 Å². The molecule has 0 rings (SSSR count). The lowest BCUT2D eigenvalue weighted by atomic mass is 10.6. The average Bonchev–Trinajstić information content (AvgIpc) is 1.89. The van der Waals surface area contributed by atoms with E-state index in [1.165, 1.54) is 4.90 Å². The Labute approximate surface area is 53.4 Å². The highest BCUT2D eigenvalue weighted by Crippen LogP contribution is 1.74. The summed E-state index contributed by atoms with van der Waals surface area (Å²) in [5.41, 5.74) is 0. The smallest absolute Gasteiger partial charge is 0.293 e. The molecule has 4 nitrogen and oxygen atoms in total. The van der Waals surface area contributed by atoms with Gasteiger partial charge in [0.05, 0.1) is 6.54 Å². The van der Waals surface area contributed by atoms with Crippen molar-refractivity contribution in [3.63, 3.8) is 0 Å². The molecule has 4 heteroatoms. The van der Waals surface area contributed by atoms with Gasteiger partial charge >= 0.3 is 0 Å². The van der Waals surface area contributed by atoms with E-state index in [1.807, 2.05) is 0 Å². The molecule has 0 aliphatic rings. The van der Waals surface area contributed by atoms with Gasteiger partial charge in [0.15, 0.2) is 0 Å². The Hall–Kier alpha value is -1.06. The standard InChI is InChI=1S/C5H9NO3/c1-6(4-7)2-3-9-5-8/h4-5H,2-3H2,1H3. The summed E-state index contributed by atoms with van der Waals surface area (Å²) in [5, 5.41) is 0. The van der Waals surface area contributed by atoms with E-state index in [2.05, 4.69) is 4.74 Å². The predicted octanol–water partition coefficient (Wildman–Crippen LogP) is -0.752. The molecule has 0 aromatic heterocycles. The van der Waals surface area contributed by atoms with Gasteiger partial charge in [-0.15, -0.1) is 0 Å². The van der Waals surface area contributed by atoms with Gasteiger partial charge in [-0.25, -0.2) is 0 Å². The molecular weight excluding hydrogens is 122 g/mol. The molecule has 0 atom stereocenters. The Morgan fingerprint density at radius 1 is 1.56 bits per heavy atom. The molecule has 0 spiro atoms. The summed E-state index contributed by atoms with van der Waals surface area (Å²) >= 11 is 0. The van der Waals surface area contributed by atoms with Gasteiger partial charge in [-0.1, -0.05) is 0 Å². The molecule has 0 saturated heterocycles. The third-order valence-corrected chi connectivity index (χ3v) is 0.810. The summed E-state index contributed by atoms with van der Waals surface area (Å²) < 4.78 is 4.32. The summed E-state index contributed by atoms with van der Waals surface area (Å²) in [4.78, 5) is 20.8. The quantitative estimate of drug-likeness (QED) is 0.364. The molecular formula is C5H9NO3. The minimum absolute atomic E-state index is 0.263. The number of likely N-dealkylation sites (N-methyl/N-ethyl adjacent to an activating group) is 1. The highest BCUT2D eigenvalue weighted by molar-refractivity contribution is 5.46. The van der Waals surface area contributed by atoms with Crippen molar-refractivity contribution in [3.8, 4) is 0 Å². The molecule has 0 heterocycles. The van der Waals surface area contributed by atoms with E-state index in [9.17, 15) is 9.59 Å². The summed E-state index contributed by atoms with van der Waals surface area (Å²) in [7, 11) is 1.61. The highest BCUT2D eigenvalue weighted by Gasteiger charge is 1.90. The Morgan fingerprint density at radius 3 is 2.67 bits per heavy atom. The van der Waals surface area contributed by atoms with Gasteiger partial charge in [-0.05, 0) is 0 Å². The van der Waals surface area contributed by atoms with Crippen LogP contribution in [0.25, 0.3) is 0 Å². The molecule has 0 aliphatic heterocycles. The number of hydrogen-bond donors (Lipinski definition) is 0. The van der Waals surface area contributed by atoms with E-state index in [4.69, 9.17) is 0 Å². The highest BCUT2D eigenvalue weighted by atomic mass is 16.5. The molecule has 52 valence electrons. The molecule has 0 radical (unpaired) electrons. The number of rotatable bonds is 5. The van der Waals surface area contributed by atoms with Gasteiger partial charge in [0, 0.05) is 7.05 Å². The number of carbonyl (C=O) groups is 2. The Balaban J connectivity index is 3.05. The van der Waals surface area contributed by atoms with Crippen LogP contribution in [0.3, 0.4) is 0 Å². The summed E-state index contributed by atoms with van der Waals surface area (Å²) in [6, 6.07) is 0. The number of ether oxygens (including phenoxy) is 1. The van der Waals surface area contributed by atoms with E-state index in [0.29, 0.717) is 19.4 Å². The van der Waals surface area contributed by atoms with Crippen molar-refractivity contribution in [1.29, 1.82) is 0 Å². The molecule has 0 fully saturated rings. The van der Waals surface area contributed by atoms with Crippen LogP contribution in [0.5, 0.6) is 0 Å². The monoisotopic (exact) mass is 131 g/mol. The minimum atomic E-state index is 0.263. The van der Waals surface area contributed by atoms with Crippen molar-refractivity contribution in [1.82, 2.24) is 4.90 Å². The van der Waals surface area contributed by atoms with E-state index >= 15 is 0 Å². The van der Waals surface area contributed by atoms with Crippen LogP contribution in [-0.4, -0.2) is 38.0 Å². The number of hydrogen-bond acceptors (Lipinski definition) is 3. The number of amides is 1. The van der Waals surface area contributed by atoms with Crippen molar-refractivity contribution in [2.75, 3.05) is 20.2 Å². The first-order chi connectivity index (χ1) is 4.31. The zero-order valence-electron chi connectivity index (χ0n) is 5.24. The fourth-order valence-corrected chi connectivity index (χ4v) is 0.298. The van der Waals surface area contributed by atoms with Crippen molar-refractivity contribution >= 4 is 12.9 Å². The van der Waals surface area contributed by atoms with E-state index < -0.39 is 0 Å².